The maximum absolute atomic E-state index is 10.7. The summed E-state index contributed by atoms with van der Waals surface area (Å²) in [7, 11) is 0. The lowest BCUT2D eigenvalue weighted by molar-refractivity contribution is -0.118. The Balaban J connectivity index is 2.04. The molecule has 5 nitrogen and oxygen atoms in total. The zero-order valence-corrected chi connectivity index (χ0v) is 8.65. The number of nitrogens with two attached hydrogens (primary N) is 1. The van der Waals surface area contributed by atoms with Crippen molar-refractivity contribution in [2.45, 2.75) is 25.3 Å². The molecule has 1 amide bonds. The maximum atomic E-state index is 10.7. The van der Waals surface area contributed by atoms with Crippen LogP contribution in [0.3, 0.4) is 0 Å². The smallest absolute Gasteiger partial charge is 0.219 e. The Bertz CT molecular complexity index is 341. The van der Waals surface area contributed by atoms with Gasteiger partial charge in [0.05, 0.1) is 6.33 Å². The van der Waals surface area contributed by atoms with E-state index in [9.17, 15) is 4.79 Å². The van der Waals surface area contributed by atoms with Crippen LogP contribution in [0.2, 0.25) is 0 Å². The number of carbonyl (C=O) groups is 1. The van der Waals surface area contributed by atoms with E-state index < -0.39 is 0 Å². The minimum atomic E-state index is -0.265. The molecule has 5 heteroatoms. The zero-order valence-electron chi connectivity index (χ0n) is 8.65. The molecule has 1 atom stereocenters. The second kappa shape index (κ2) is 4.44. The fourth-order valence-electron chi connectivity index (χ4n) is 2.00. The molecule has 82 valence electrons. The molecule has 1 aromatic heterocycles. The third-order valence-corrected chi connectivity index (χ3v) is 2.82. The normalized spacial score (nSPS) is 20.7. The molecule has 0 aromatic carbocycles. The number of nitrogens with one attached hydrogen (secondary N) is 1. The average molecular weight is 208 g/mol. The lowest BCUT2D eigenvalue weighted by Crippen LogP contribution is -2.16. The number of amides is 1. The molecule has 1 fully saturated rings. The van der Waals surface area contributed by atoms with Crippen LogP contribution in [0.15, 0.2) is 12.5 Å². The number of rotatable bonds is 4. The fourth-order valence-corrected chi connectivity index (χ4v) is 2.00. The first kappa shape index (κ1) is 10.2. The van der Waals surface area contributed by atoms with E-state index in [0.717, 1.165) is 19.5 Å². The molecule has 0 bridgehead atoms. The van der Waals surface area contributed by atoms with Crippen molar-refractivity contribution in [2.24, 2.45) is 5.73 Å². The Kier molecular flexibility index (Phi) is 3.01. The van der Waals surface area contributed by atoms with Crippen LogP contribution >= 0.6 is 0 Å². The first-order valence-corrected chi connectivity index (χ1v) is 5.26. The molecule has 2 heterocycles. The topological polar surface area (TPSA) is 72.9 Å². The van der Waals surface area contributed by atoms with Gasteiger partial charge in [-0.25, -0.2) is 4.98 Å². The molecule has 0 saturated carbocycles. The summed E-state index contributed by atoms with van der Waals surface area (Å²) < 4.78 is 2.03. The summed E-state index contributed by atoms with van der Waals surface area (Å²) in [5, 5.41) is 3.32. The van der Waals surface area contributed by atoms with Crippen molar-refractivity contribution in [2.75, 3.05) is 13.1 Å². The predicted octanol–water partition coefficient (Wildman–Crippen LogP) is -0.165. The summed E-state index contributed by atoms with van der Waals surface area (Å²) in [5.41, 5.74) is 6.34. The number of hydrogen-bond donors (Lipinski definition) is 2. The van der Waals surface area contributed by atoms with E-state index in [4.69, 9.17) is 5.73 Å². The first-order valence-electron chi connectivity index (χ1n) is 5.26. The van der Waals surface area contributed by atoms with Crippen LogP contribution in [0.1, 0.15) is 24.5 Å². The van der Waals surface area contributed by atoms with Crippen LogP contribution in [-0.4, -0.2) is 28.5 Å². The number of hydrogen-bond acceptors (Lipinski definition) is 3. The van der Waals surface area contributed by atoms with Crippen molar-refractivity contribution in [3.05, 3.63) is 18.2 Å². The number of primary amides is 1. The number of carbonyl (C=O) groups excluding carboxylic acids is 1. The van der Waals surface area contributed by atoms with Crippen LogP contribution in [0.4, 0.5) is 0 Å². The standard InChI is InChI=1S/C10H16N4O/c11-10(15)2-4-14-7-13-6-9(14)8-1-3-12-5-8/h6-8,12H,1-5H2,(H2,11,15). The molecule has 2 rings (SSSR count). The van der Waals surface area contributed by atoms with Crippen molar-refractivity contribution in [1.29, 1.82) is 0 Å². The van der Waals surface area contributed by atoms with Crippen LogP contribution in [0.5, 0.6) is 0 Å². The van der Waals surface area contributed by atoms with Gasteiger partial charge in [-0.05, 0) is 13.0 Å². The van der Waals surface area contributed by atoms with Gasteiger partial charge in [0.25, 0.3) is 0 Å². The molecule has 1 aliphatic rings. The van der Waals surface area contributed by atoms with Crippen LogP contribution < -0.4 is 11.1 Å². The van der Waals surface area contributed by atoms with E-state index in [-0.39, 0.29) is 5.91 Å². The van der Waals surface area contributed by atoms with E-state index in [0.29, 0.717) is 18.9 Å². The highest BCUT2D eigenvalue weighted by Gasteiger charge is 2.19. The highest BCUT2D eigenvalue weighted by molar-refractivity contribution is 5.73. The molecule has 1 aliphatic heterocycles. The van der Waals surface area contributed by atoms with Gasteiger partial charge in [-0.2, -0.15) is 0 Å². The molecule has 1 saturated heterocycles. The van der Waals surface area contributed by atoms with Crippen molar-refractivity contribution in [3.63, 3.8) is 0 Å². The van der Waals surface area contributed by atoms with Crippen LogP contribution in [-0.2, 0) is 11.3 Å². The van der Waals surface area contributed by atoms with Crippen molar-refractivity contribution < 1.29 is 4.79 Å². The minimum absolute atomic E-state index is 0.265. The third kappa shape index (κ3) is 2.36. The number of nitrogens with zero attached hydrogens (tertiary/aromatic N) is 2. The van der Waals surface area contributed by atoms with Crippen molar-refractivity contribution >= 4 is 5.91 Å². The summed E-state index contributed by atoms with van der Waals surface area (Å²) in [6, 6.07) is 0. The average Bonchev–Trinajstić information content (AvgIpc) is 2.85. The van der Waals surface area contributed by atoms with Crippen LogP contribution in [0.25, 0.3) is 0 Å². The molecule has 0 radical (unpaired) electrons. The van der Waals surface area contributed by atoms with Gasteiger partial charge in [0.2, 0.25) is 5.91 Å². The Morgan fingerprint density at radius 2 is 2.60 bits per heavy atom. The molecule has 0 aliphatic carbocycles. The quantitative estimate of drug-likeness (QED) is 0.722. The molecular weight excluding hydrogens is 192 g/mol. The second-order valence-corrected chi connectivity index (χ2v) is 3.92. The monoisotopic (exact) mass is 208 g/mol. The van der Waals surface area contributed by atoms with Crippen molar-refractivity contribution in [1.82, 2.24) is 14.9 Å². The van der Waals surface area contributed by atoms with Gasteiger partial charge in [-0.3, -0.25) is 4.79 Å². The summed E-state index contributed by atoms with van der Waals surface area (Å²) in [6.07, 6.45) is 5.18. The van der Waals surface area contributed by atoms with E-state index >= 15 is 0 Å². The van der Waals surface area contributed by atoms with Gasteiger partial charge in [-0.1, -0.05) is 0 Å². The Morgan fingerprint density at radius 3 is 3.27 bits per heavy atom. The molecule has 1 aromatic rings. The Labute approximate surface area is 88.7 Å². The van der Waals surface area contributed by atoms with E-state index in [1.165, 1.54) is 5.69 Å². The van der Waals surface area contributed by atoms with Crippen LogP contribution in [0, 0.1) is 0 Å². The number of aryl methyl sites for hydroxylation is 1. The Hall–Kier alpha value is -1.36. The molecule has 15 heavy (non-hydrogen) atoms. The van der Waals surface area contributed by atoms with E-state index in [2.05, 4.69) is 10.3 Å². The predicted molar refractivity (Wildman–Crippen MR) is 56.3 cm³/mol. The fraction of sp³-hybridized carbons (Fsp3) is 0.600. The summed E-state index contributed by atoms with van der Waals surface area (Å²) in [6.45, 7) is 2.70. The molecule has 0 spiro atoms. The highest BCUT2D eigenvalue weighted by Crippen LogP contribution is 2.21. The first-order chi connectivity index (χ1) is 7.27. The summed E-state index contributed by atoms with van der Waals surface area (Å²) >= 11 is 0. The minimum Gasteiger partial charge on any atom is -0.370 e. The van der Waals surface area contributed by atoms with E-state index in [1.54, 1.807) is 6.33 Å². The number of aromatic nitrogens is 2. The number of imidazole rings is 1. The second-order valence-electron chi connectivity index (χ2n) is 3.92. The largest absolute Gasteiger partial charge is 0.370 e. The lowest BCUT2D eigenvalue weighted by Gasteiger charge is -2.11. The molecular formula is C10H16N4O. The summed E-state index contributed by atoms with van der Waals surface area (Å²) in [5.74, 6) is 0.263. The van der Waals surface area contributed by atoms with Gasteiger partial charge in [0.15, 0.2) is 0 Å². The van der Waals surface area contributed by atoms with Crippen molar-refractivity contribution in [3.8, 4) is 0 Å². The SMILES string of the molecule is NC(=O)CCn1cncc1C1CCNC1. The molecule has 1 unspecified atom stereocenters. The van der Waals surface area contributed by atoms with Gasteiger partial charge in [-0.15, -0.1) is 0 Å². The third-order valence-electron chi connectivity index (χ3n) is 2.82. The van der Waals surface area contributed by atoms with Gasteiger partial charge >= 0.3 is 0 Å². The summed E-state index contributed by atoms with van der Waals surface area (Å²) in [4.78, 5) is 14.8. The molecule has 3 N–H and O–H groups in total. The maximum Gasteiger partial charge on any atom is 0.219 e. The lowest BCUT2D eigenvalue weighted by atomic mass is 10.1. The van der Waals surface area contributed by atoms with Gasteiger partial charge in [0, 0.05) is 37.3 Å². The Morgan fingerprint density at radius 1 is 1.73 bits per heavy atom. The zero-order chi connectivity index (χ0) is 10.7. The van der Waals surface area contributed by atoms with Gasteiger partial charge < -0.3 is 15.6 Å². The highest BCUT2D eigenvalue weighted by atomic mass is 16.1. The van der Waals surface area contributed by atoms with E-state index in [1.807, 2.05) is 10.8 Å². The van der Waals surface area contributed by atoms with Gasteiger partial charge in [0.1, 0.15) is 0 Å².